The molecule has 0 radical (unpaired) electrons. The highest BCUT2D eigenvalue weighted by Gasteiger charge is 2.27. The van der Waals surface area contributed by atoms with Crippen molar-refractivity contribution in [3.63, 3.8) is 0 Å². The Kier molecular flexibility index (Phi) is 6.39. The molecule has 3 heterocycles. The van der Waals surface area contributed by atoms with Gasteiger partial charge in [0.2, 0.25) is 5.91 Å². The molecule has 1 saturated heterocycles. The summed E-state index contributed by atoms with van der Waals surface area (Å²) in [5.41, 5.74) is 3.33. The van der Waals surface area contributed by atoms with E-state index in [1.54, 1.807) is 0 Å². The van der Waals surface area contributed by atoms with Crippen molar-refractivity contribution in [1.29, 1.82) is 0 Å². The molecule has 1 aliphatic rings. The molecule has 0 saturated carbocycles. The van der Waals surface area contributed by atoms with Gasteiger partial charge in [-0.1, -0.05) is 19.4 Å². The third kappa shape index (κ3) is 4.91. The lowest BCUT2D eigenvalue weighted by molar-refractivity contribution is -0.119. The summed E-state index contributed by atoms with van der Waals surface area (Å²) >= 11 is 0. The Morgan fingerprint density at radius 1 is 1.35 bits per heavy atom. The number of pyridine rings is 1. The van der Waals surface area contributed by atoms with Gasteiger partial charge in [0.15, 0.2) is 0 Å². The van der Waals surface area contributed by atoms with Gasteiger partial charge in [0.05, 0.1) is 11.7 Å². The van der Waals surface area contributed by atoms with Crippen LogP contribution in [0.1, 0.15) is 68.3 Å². The summed E-state index contributed by atoms with van der Waals surface area (Å²) in [5, 5.41) is 2.81. The number of H-pyrrole nitrogens is 1. The van der Waals surface area contributed by atoms with Gasteiger partial charge in [-0.15, -0.1) is 0 Å². The number of carbonyl (C=O) groups excluding carboxylic acids is 1. The van der Waals surface area contributed by atoms with Crippen LogP contribution in [0.5, 0.6) is 0 Å². The summed E-state index contributed by atoms with van der Waals surface area (Å²) in [5.74, 6) is 1.08. The number of unbranched alkanes of at least 4 members (excludes halogenated alkanes) is 1. The zero-order chi connectivity index (χ0) is 18.4. The quantitative estimate of drug-likeness (QED) is 0.763. The Labute approximate surface area is 155 Å². The highest BCUT2D eigenvalue weighted by atomic mass is 16.1. The van der Waals surface area contributed by atoms with Crippen molar-refractivity contribution in [3.8, 4) is 0 Å². The number of carbonyl (C=O) groups is 1. The van der Waals surface area contributed by atoms with E-state index in [1.807, 2.05) is 12.4 Å². The van der Waals surface area contributed by atoms with Crippen LogP contribution in [0.2, 0.25) is 0 Å². The Hall–Kier alpha value is -2.21. The maximum absolute atomic E-state index is 11.0. The number of aryl methyl sites for hydroxylation is 1. The number of aromatic amines is 1. The summed E-state index contributed by atoms with van der Waals surface area (Å²) < 4.78 is 0. The lowest BCUT2D eigenvalue weighted by atomic mass is 10.1. The van der Waals surface area contributed by atoms with E-state index in [-0.39, 0.29) is 5.91 Å². The van der Waals surface area contributed by atoms with Crippen LogP contribution in [-0.2, 0) is 24.3 Å². The minimum atomic E-state index is -0.0195. The molecule has 0 aliphatic carbocycles. The summed E-state index contributed by atoms with van der Waals surface area (Å²) in [4.78, 5) is 26.1. The predicted octanol–water partition coefficient (Wildman–Crippen LogP) is 3.12. The Balaban J connectivity index is 1.60. The topological polar surface area (TPSA) is 73.9 Å². The van der Waals surface area contributed by atoms with Gasteiger partial charge in [0, 0.05) is 44.5 Å². The average molecular weight is 355 g/mol. The Morgan fingerprint density at radius 2 is 2.23 bits per heavy atom. The van der Waals surface area contributed by atoms with E-state index in [0.29, 0.717) is 12.6 Å². The largest absolute Gasteiger partial charge is 0.352 e. The first kappa shape index (κ1) is 18.6. The molecule has 1 amide bonds. The van der Waals surface area contributed by atoms with E-state index in [2.05, 4.69) is 44.2 Å². The molecule has 6 heteroatoms. The molecule has 1 atom stereocenters. The van der Waals surface area contributed by atoms with Gasteiger partial charge >= 0.3 is 0 Å². The van der Waals surface area contributed by atoms with Gasteiger partial charge in [0.25, 0.3) is 0 Å². The molecule has 0 bridgehead atoms. The lowest BCUT2D eigenvalue weighted by Gasteiger charge is -2.23. The molecule has 26 heavy (non-hydrogen) atoms. The minimum Gasteiger partial charge on any atom is -0.352 e. The SMILES string of the molecule is CCCCc1ncc(CN2CCC[C@@H]2c2ccc(CNC(C)=O)cn2)[nH]1. The summed E-state index contributed by atoms with van der Waals surface area (Å²) in [6.45, 7) is 6.24. The van der Waals surface area contributed by atoms with E-state index in [1.165, 1.54) is 31.9 Å². The maximum atomic E-state index is 11.0. The molecule has 0 aromatic carbocycles. The number of imidazole rings is 1. The average Bonchev–Trinajstić information content (AvgIpc) is 3.28. The van der Waals surface area contributed by atoms with E-state index in [0.717, 1.165) is 43.0 Å². The maximum Gasteiger partial charge on any atom is 0.217 e. The van der Waals surface area contributed by atoms with Crippen LogP contribution < -0.4 is 5.32 Å². The van der Waals surface area contributed by atoms with Crippen LogP contribution in [-0.4, -0.2) is 32.3 Å². The number of nitrogens with one attached hydrogen (secondary N) is 2. The minimum absolute atomic E-state index is 0.0195. The van der Waals surface area contributed by atoms with Crippen molar-refractivity contribution in [3.05, 3.63) is 47.3 Å². The smallest absolute Gasteiger partial charge is 0.217 e. The van der Waals surface area contributed by atoms with Crippen molar-refractivity contribution >= 4 is 5.91 Å². The van der Waals surface area contributed by atoms with Crippen molar-refractivity contribution < 1.29 is 4.79 Å². The zero-order valence-corrected chi connectivity index (χ0v) is 15.8. The van der Waals surface area contributed by atoms with Crippen molar-refractivity contribution in [2.75, 3.05) is 6.54 Å². The molecule has 0 unspecified atom stereocenters. The van der Waals surface area contributed by atoms with Crippen LogP contribution in [0.3, 0.4) is 0 Å². The second kappa shape index (κ2) is 8.94. The first-order valence-corrected chi connectivity index (χ1v) is 9.61. The van der Waals surface area contributed by atoms with E-state index < -0.39 is 0 Å². The second-order valence-corrected chi connectivity index (χ2v) is 7.09. The highest BCUT2D eigenvalue weighted by Crippen LogP contribution is 2.31. The monoisotopic (exact) mass is 355 g/mol. The van der Waals surface area contributed by atoms with Gasteiger partial charge in [-0.2, -0.15) is 0 Å². The summed E-state index contributed by atoms with van der Waals surface area (Å²) in [6, 6.07) is 4.51. The number of amides is 1. The van der Waals surface area contributed by atoms with Gasteiger partial charge < -0.3 is 10.3 Å². The molecule has 2 aromatic heterocycles. The van der Waals surface area contributed by atoms with Crippen LogP contribution in [0.15, 0.2) is 24.5 Å². The van der Waals surface area contributed by atoms with Gasteiger partial charge in [0.1, 0.15) is 5.82 Å². The fraction of sp³-hybridized carbons (Fsp3) is 0.550. The number of rotatable bonds is 8. The van der Waals surface area contributed by atoms with Crippen LogP contribution >= 0.6 is 0 Å². The van der Waals surface area contributed by atoms with Crippen LogP contribution in [0, 0.1) is 0 Å². The molecular formula is C20H29N5O. The standard InChI is InChI=1S/C20H29N5O/c1-3-4-7-20-23-13-17(24-20)14-25-10-5-6-19(25)18-9-8-16(12-22-18)11-21-15(2)26/h8-9,12-13,19H,3-7,10-11,14H2,1-2H3,(H,21,26)(H,23,24)/t19-/m1/s1. The number of hydrogen-bond donors (Lipinski definition) is 2. The number of likely N-dealkylation sites (tertiary alicyclic amines) is 1. The van der Waals surface area contributed by atoms with Crippen LogP contribution in [0.4, 0.5) is 0 Å². The fourth-order valence-electron chi connectivity index (χ4n) is 3.49. The second-order valence-electron chi connectivity index (χ2n) is 7.09. The molecule has 1 aliphatic heterocycles. The molecule has 2 N–H and O–H groups in total. The summed E-state index contributed by atoms with van der Waals surface area (Å²) in [6.07, 6.45) is 9.57. The molecule has 140 valence electrons. The summed E-state index contributed by atoms with van der Waals surface area (Å²) in [7, 11) is 0. The molecular weight excluding hydrogens is 326 g/mol. The van der Waals surface area contributed by atoms with E-state index in [9.17, 15) is 4.79 Å². The zero-order valence-electron chi connectivity index (χ0n) is 15.8. The van der Waals surface area contributed by atoms with Gasteiger partial charge in [-0.25, -0.2) is 4.98 Å². The third-order valence-corrected chi connectivity index (χ3v) is 4.92. The van der Waals surface area contributed by atoms with E-state index in [4.69, 9.17) is 0 Å². The number of aromatic nitrogens is 3. The van der Waals surface area contributed by atoms with Crippen molar-refractivity contribution in [2.45, 2.75) is 65.1 Å². The number of nitrogens with zero attached hydrogens (tertiary/aromatic N) is 3. The molecule has 6 nitrogen and oxygen atoms in total. The van der Waals surface area contributed by atoms with Gasteiger partial charge in [-0.3, -0.25) is 14.7 Å². The Morgan fingerprint density at radius 3 is 2.96 bits per heavy atom. The molecule has 0 spiro atoms. The lowest BCUT2D eigenvalue weighted by Crippen LogP contribution is -2.24. The predicted molar refractivity (Wildman–Crippen MR) is 101 cm³/mol. The molecule has 3 rings (SSSR count). The first-order chi connectivity index (χ1) is 12.7. The third-order valence-electron chi connectivity index (χ3n) is 4.92. The highest BCUT2D eigenvalue weighted by molar-refractivity contribution is 5.72. The first-order valence-electron chi connectivity index (χ1n) is 9.61. The number of hydrogen-bond acceptors (Lipinski definition) is 4. The fourth-order valence-corrected chi connectivity index (χ4v) is 3.49. The van der Waals surface area contributed by atoms with Crippen molar-refractivity contribution in [2.24, 2.45) is 0 Å². The van der Waals surface area contributed by atoms with Crippen LogP contribution in [0.25, 0.3) is 0 Å². The normalized spacial score (nSPS) is 17.5. The van der Waals surface area contributed by atoms with E-state index >= 15 is 0 Å². The van der Waals surface area contributed by atoms with Gasteiger partial charge in [-0.05, 0) is 37.4 Å². The molecule has 2 aromatic rings. The Bertz CT molecular complexity index is 709. The van der Waals surface area contributed by atoms with Crippen molar-refractivity contribution in [1.82, 2.24) is 25.2 Å². The molecule has 1 fully saturated rings.